The average Bonchev–Trinajstić information content (AvgIpc) is 3.52. The second kappa shape index (κ2) is 11.2. The Labute approximate surface area is 235 Å². The largest absolute Gasteiger partial charge is 0.379 e. The monoisotopic (exact) mass is 557 g/mol. The zero-order valence-corrected chi connectivity index (χ0v) is 23.9. The average molecular weight is 558 g/mol. The molecule has 0 unspecified atom stereocenters. The zero-order valence-electron chi connectivity index (χ0n) is 23.2. The second-order valence-corrected chi connectivity index (χ2v) is 12.3. The zero-order chi connectivity index (χ0) is 27.9. The first kappa shape index (κ1) is 28.1. The molecule has 4 aliphatic rings. The minimum Gasteiger partial charge on any atom is -0.379 e. The third-order valence-corrected chi connectivity index (χ3v) is 9.28. The number of hydrogen-bond donors (Lipinski definition) is 2. The van der Waals surface area contributed by atoms with Gasteiger partial charge in [-0.15, -0.1) is 0 Å². The Balaban J connectivity index is 1.41. The molecular formula is C30H40ClN3O5. The number of carbonyl (C=O) groups is 3. The van der Waals surface area contributed by atoms with E-state index in [0.29, 0.717) is 42.1 Å². The summed E-state index contributed by atoms with van der Waals surface area (Å²) in [5.41, 5.74) is -0.624. The van der Waals surface area contributed by atoms with Gasteiger partial charge in [0.15, 0.2) is 0 Å². The van der Waals surface area contributed by atoms with Gasteiger partial charge in [0, 0.05) is 29.9 Å². The molecule has 3 amide bonds. The predicted octanol–water partition coefficient (Wildman–Crippen LogP) is 4.19. The fourth-order valence-corrected chi connectivity index (χ4v) is 7.09. The molecule has 1 spiro atoms. The maximum Gasteiger partial charge on any atom is 0.246 e. The van der Waals surface area contributed by atoms with Crippen molar-refractivity contribution in [1.82, 2.24) is 10.2 Å². The molecular weight excluding hydrogens is 518 g/mol. The standard InChI is InChI=1S/C30H40ClN3O5/c1-17(2)38-15-7-14-34-26(28(36)33-22-11-5-8-18(3)19(22)4)30-13-12-23(39-30)24(25(30)29(34)37)27(35)32-21-10-6-9-20(31)16-21/h6,9-10,12-13,16-19,22-26H,5,7-8,11,14-15H2,1-4H3,(H,32,35)(H,33,36)/t18-,19-,22+,23-,24+,25-,26-,30-/m0/s1. The van der Waals surface area contributed by atoms with E-state index in [1.165, 1.54) is 0 Å². The van der Waals surface area contributed by atoms with E-state index in [4.69, 9.17) is 21.1 Å². The molecule has 1 saturated carbocycles. The van der Waals surface area contributed by atoms with Gasteiger partial charge in [-0.05, 0) is 56.7 Å². The predicted molar refractivity (Wildman–Crippen MR) is 149 cm³/mol. The fourth-order valence-electron chi connectivity index (χ4n) is 6.90. The molecule has 2 saturated heterocycles. The van der Waals surface area contributed by atoms with Crippen LogP contribution in [0.15, 0.2) is 36.4 Å². The Hall–Kier alpha value is -2.42. The third-order valence-electron chi connectivity index (χ3n) is 9.05. The van der Waals surface area contributed by atoms with E-state index in [1.807, 2.05) is 26.0 Å². The van der Waals surface area contributed by atoms with Crippen molar-refractivity contribution in [1.29, 1.82) is 0 Å². The first-order chi connectivity index (χ1) is 18.6. The smallest absolute Gasteiger partial charge is 0.246 e. The Morgan fingerprint density at radius 3 is 2.77 bits per heavy atom. The Morgan fingerprint density at radius 2 is 2.03 bits per heavy atom. The summed E-state index contributed by atoms with van der Waals surface area (Å²) in [7, 11) is 0. The number of likely N-dealkylation sites (tertiary alicyclic amines) is 1. The maximum atomic E-state index is 14.0. The van der Waals surface area contributed by atoms with Gasteiger partial charge in [0.1, 0.15) is 11.6 Å². The van der Waals surface area contributed by atoms with E-state index in [2.05, 4.69) is 24.5 Å². The molecule has 8 nitrogen and oxygen atoms in total. The van der Waals surface area contributed by atoms with Gasteiger partial charge in [-0.2, -0.15) is 0 Å². The van der Waals surface area contributed by atoms with Crippen molar-refractivity contribution >= 4 is 35.0 Å². The molecule has 3 fully saturated rings. The number of halogens is 1. The number of anilines is 1. The normalized spacial score (nSPS) is 35.0. The third kappa shape index (κ3) is 5.23. The van der Waals surface area contributed by atoms with Crippen molar-refractivity contribution in [2.45, 2.75) is 83.3 Å². The minimum atomic E-state index is -1.18. The van der Waals surface area contributed by atoms with Crippen LogP contribution >= 0.6 is 11.6 Å². The lowest BCUT2D eigenvalue weighted by atomic mass is 9.73. The molecule has 39 heavy (non-hydrogen) atoms. The number of hydrogen-bond acceptors (Lipinski definition) is 5. The number of ether oxygens (including phenoxy) is 2. The molecule has 2 bridgehead atoms. The topological polar surface area (TPSA) is 97.0 Å². The summed E-state index contributed by atoms with van der Waals surface area (Å²) in [6.45, 7) is 9.17. The van der Waals surface area contributed by atoms with E-state index < -0.39 is 29.6 Å². The van der Waals surface area contributed by atoms with E-state index >= 15 is 0 Å². The molecule has 0 aromatic heterocycles. The van der Waals surface area contributed by atoms with Gasteiger partial charge in [-0.3, -0.25) is 14.4 Å². The molecule has 212 valence electrons. The molecule has 2 N–H and O–H groups in total. The molecule has 0 radical (unpaired) electrons. The van der Waals surface area contributed by atoms with Gasteiger partial charge < -0.3 is 25.0 Å². The summed E-state index contributed by atoms with van der Waals surface area (Å²) < 4.78 is 12.2. The van der Waals surface area contributed by atoms with Crippen LogP contribution in [0, 0.1) is 23.7 Å². The number of fused-ring (bicyclic) bond motifs is 1. The molecule has 5 rings (SSSR count). The highest BCUT2D eigenvalue weighted by atomic mass is 35.5. The number of carbonyl (C=O) groups excluding carboxylic acids is 3. The first-order valence-electron chi connectivity index (χ1n) is 14.3. The molecule has 3 heterocycles. The summed E-state index contributed by atoms with van der Waals surface area (Å²) in [6.07, 6.45) is 6.91. The van der Waals surface area contributed by atoms with Crippen LogP contribution in [-0.4, -0.2) is 65.7 Å². The lowest BCUT2D eigenvalue weighted by Gasteiger charge is -2.38. The number of amides is 3. The SMILES string of the molecule is CC(C)OCCCN1C(=O)[C@@H]2[C@H](C(=O)Nc3cccc(Cl)c3)[C@@H]3C=C[C@@]2(O3)[C@@H]1C(=O)N[C@@H]1CCC[C@H](C)[C@@H]1C. The van der Waals surface area contributed by atoms with Crippen LogP contribution in [0.25, 0.3) is 0 Å². The summed E-state index contributed by atoms with van der Waals surface area (Å²) in [6, 6.07) is 6.11. The van der Waals surface area contributed by atoms with Crippen LogP contribution in [0.1, 0.15) is 53.4 Å². The van der Waals surface area contributed by atoms with Gasteiger partial charge in [-0.25, -0.2) is 0 Å². The highest BCUT2D eigenvalue weighted by Gasteiger charge is 2.72. The van der Waals surface area contributed by atoms with Crippen LogP contribution in [0.3, 0.4) is 0 Å². The van der Waals surface area contributed by atoms with Gasteiger partial charge >= 0.3 is 0 Å². The second-order valence-electron chi connectivity index (χ2n) is 11.9. The lowest BCUT2D eigenvalue weighted by molar-refractivity contribution is -0.142. The van der Waals surface area contributed by atoms with E-state index in [9.17, 15) is 14.4 Å². The van der Waals surface area contributed by atoms with Crippen molar-refractivity contribution in [2.75, 3.05) is 18.5 Å². The molecule has 3 aliphatic heterocycles. The highest BCUT2D eigenvalue weighted by Crippen LogP contribution is 2.55. The van der Waals surface area contributed by atoms with Crippen molar-refractivity contribution in [2.24, 2.45) is 23.7 Å². The van der Waals surface area contributed by atoms with Crippen LogP contribution in [-0.2, 0) is 23.9 Å². The van der Waals surface area contributed by atoms with Gasteiger partial charge in [0.25, 0.3) is 0 Å². The van der Waals surface area contributed by atoms with Crippen LogP contribution in [0.2, 0.25) is 5.02 Å². The minimum absolute atomic E-state index is 0.0439. The molecule has 8 atom stereocenters. The highest BCUT2D eigenvalue weighted by molar-refractivity contribution is 6.30. The Morgan fingerprint density at radius 1 is 1.23 bits per heavy atom. The lowest BCUT2D eigenvalue weighted by Crippen LogP contribution is -2.58. The first-order valence-corrected chi connectivity index (χ1v) is 14.7. The Kier molecular flexibility index (Phi) is 8.09. The van der Waals surface area contributed by atoms with Crippen molar-refractivity contribution in [3.63, 3.8) is 0 Å². The van der Waals surface area contributed by atoms with E-state index in [0.717, 1.165) is 19.3 Å². The van der Waals surface area contributed by atoms with Gasteiger partial charge in [0.05, 0.1) is 24.0 Å². The van der Waals surface area contributed by atoms with Crippen LogP contribution < -0.4 is 10.6 Å². The van der Waals surface area contributed by atoms with Crippen molar-refractivity contribution in [3.8, 4) is 0 Å². The van der Waals surface area contributed by atoms with Crippen LogP contribution in [0.5, 0.6) is 0 Å². The summed E-state index contributed by atoms with van der Waals surface area (Å²) >= 11 is 6.11. The quantitative estimate of drug-likeness (QED) is 0.351. The van der Waals surface area contributed by atoms with E-state index in [-0.39, 0.29) is 29.9 Å². The summed E-state index contributed by atoms with van der Waals surface area (Å²) in [5.74, 6) is -1.41. The molecule has 1 aliphatic carbocycles. The molecule has 1 aromatic rings. The van der Waals surface area contributed by atoms with Crippen molar-refractivity contribution < 1.29 is 23.9 Å². The molecule has 1 aromatic carbocycles. The number of rotatable bonds is 9. The maximum absolute atomic E-state index is 14.0. The summed E-state index contributed by atoms with van der Waals surface area (Å²) in [4.78, 5) is 43.2. The number of nitrogens with zero attached hydrogens (tertiary/aromatic N) is 1. The van der Waals surface area contributed by atoms with Gasteiger partial charge in [-0.1, -0.05) is 56.5 Å². The Bertz CT molecular complexity index is 1140. The fraction of sp³-hybridized carbons (Fsp3) is 0.633. The summed E-state index contributed by atoms with van der Waals surface area (Å²) in [5, 5.41) is 6.70. The van der Waals surface area contributed by atoms with Crippen molar-refractivity contribution in [3.05, 3.63) is 41.4 Å². The number of benzene rings is 1. The van der Waals surface area contributed by atoms with E-state index in [1.54, 1.807) is 29.2 Å². The molecule has 9 heteroatoms. The number of nitrogens with one attached hydrogen (secondary N) is 2. The van der Waals surface area contributed by atoms with Crippen LogP contribution in [0.4, 0.5) is 5.69 Å². The van der Waals surface area contributed by atoms with Gasteiger partial charge in [0.2, 0.25) is 17.7 Å².